The summed E-state index contributed by atoms with van der Waals surface area (Å²) in [6.45, 7) is 25.4. The molecule has 0 saturated carbocycles. The van der Waals surface area contributed by atoms with Gasteiger partial charge in [0, 0.05) is 56.4 Å². The van der Waals surface area contributed by atoms with Crippen molar-refractivity contribution < 1.29 is 70.8 Å². The summed E-state index contributed by atoms with van der Waals surface area (Å²) in [7, 11) is -4.32. The molecule has 5 rings (SSSR count). The van der Waals surface area contributed by atoms with Gasteiger partial charge in [0.15, 0.2) is 0 Å². The van der Waals surface area contributed by atoms with Gasteiger partial charge < -0.3 is 61.3 Å². The number of sulfonamides is 1. The van der Waals surface area contributed by atoms with Crippen molar-refractivity contribution in [2.75, 3.05) is 19.6 Å². The van der Waals surface area contributed by atoms with Crippen molar-refractivity contribution in [2.24, 2.45) is 0 Å². The van der Waals surface area contributed by atoms with E-state index in [9.17, 15) is 51.9 Å². The number of nitrogens with one attached hydrogen (secondary N) is 9. The Kier molecular flexibility index (Phi) is 23.8. The minimum atomic E-state index is -4.32. The fourth-order valence-corrected chi connectivity index (χ4v) is 11.5. The molecule has 10 N–H and O–H groups in total. The summed E-state index contributed by atoms with van der Waals surface area (Å²) in [6, 6.07) is 7.89. The van der Waals surface area contributed by atoms with E-state index < -0.39 is 117 Å². The molecule has 0 radical (unpaired) electrons. The van der Waals surface area contributed by atoms with Gasteiger partial charge in [0.25, 0.3) is 10.0 Å². The number of aliphatic carboxylic acids is 1. The zero-order valence-corrected chi connectivity index (χ0v) is 54.6. The van der Waals surface area contributed by atoms with Gasteiger partial charge in [0.2, 0.25) is 35.5 Å². The average molecular weight is 1260 g/mol. The van der Waals surface area contributed by atoms with Gasteiger partial charge in [0.1, 0.15) is 58.1 Å². The normalized spacial score (nSPS) is 14.3. The molecule has 1 aliphatic rings. The van der Waals surface area contributed by atoms with Crippen molar-refractivity contribution in [3.8, 4) is 11.5 Å². The van der Waals surface area contributed by atoms with E-state index in [0.717, 1.165) is 5.56 Å². The van der Waals surface area contributed by atoms with Gasteiger partial charge >= 0.3 is 18.2 Å². The maximum absolute atomic E-state index is 14.7. The highest BCUT2D eigenvalue weighted by atomic mass is 32.2. The van der Waals surface area contributed by atoms with E-state index in [1.807, 2.05) is 34.6 Å². The predicted octanol–water partition coefficient (Wildman–Crippen LogP) is 6.16. The molecule has 0 aliphatic carbocycles. The molecule has 26 heteroatoms. The Balaban J connectivity index is 1.37. The predicted molar refractivity (Wildman–Crippen MR) is 334 cm³/mol. The van der Waals surface area contributed by atoms with Gasteiger partial charge in [-0.3, -0.25) is 33.9 Å². The maximum Gasteiger partial charge on any atom is 0.419 e. The lowest BCUT2D eigenvalue weighted by Crippen LogP contribution is -2.57. The first-order valence-corrected chi connectivity index (χ1v) is 31.1. The van der Waals surface area contributed by atoms with Crippen LogP contribution in [-0.4, -0.2) is 138 Å². The zero-order valence-electron chi connectivity index (χ0n) is 53.8. The average Bonchev–Trinajstić information content (AvgIpc) is 2.49. The summed E-state index contributed by atoms with van der Waals surface area (Å²) in [5.41, 5.74) is 1.10. The number of carbonyl (C=O) groups excluding carboxylic acids is 7. The first-order chi connectivity index (χ1) is 41.2. The topological polar surface area (TPSA) is 353 Å². The maximum atomic E-state index is 14.7. The van der Waals surface area contributed by atoms with Crippen LogP contribution in [0.1, 0.15) is 149 Å². The monoisotopic (exact) mass is 1260 g/mol. The van der Waals surface area contributed by atoms with Gasteiger partial charge in [-0.25, -0.2) is 27.5 Å². The Morgan fingerprint density at radius 1 is 0.685 bits per heavy atom. The molecule has 0 spiro atoms. The molecule has 2 heterocycles. The second-order valence-corrected chi connectivity index (χ2v) is 27.5. The molecular formula is C63H90N10O15S. The number of ether oxygens (including phenoxy) is 4. The van der Waals surface area contributed by atoms with Crippen LogP contribution >= 0.6 is 0 Å². The van der Waals surface area contributed by atoms with Crippen LogP contribution in [0.2, 0.25) is 0 Å². The van der Waals surface area contributed by atoms with Gasteiger partial charge in [-0.2, -0.15) is 0 Å². The molecule has 25 nitrogen and oxygen atoms in total. The second-order valence-electron chi connectivity index (χ2n) is 25.9. The van der Waals surface area contributed by atoms with Crippen molar-refractivity contribution >= 4 is 74.6 Å². The smallest absolute Gasteiger partial charge is 0.419 e. The fourth-order valence-electron chi connectivity index (χ4n) is 10.0. The summed E-state index contributed by atoms with van der Waals surface area (Å²) in [5.74, 6) is -4.82. The standard InChI is InChI=1S/C63H90N10O15S/c1-36-37(2)52(38(3)44-33-63(14,15)86-51(36)44)89(83,84)72-57(64)65-30-20-23-46(70-54(77)45(68-39(4)74)22-18-19-29-66-58(81)87-61(8,9)10)55(78)71-47(31-40-25-27-42(28-26-40)85-60(5,6)7)53(76)67-34-50(75)69-48(56(79)80)32-41-35-73(59(82)88-62(11,12)13)49-24-17-16-21-43(41)49/h16-17,21,24-28,35,45-48H,18-20,22-23,29-34H2,1-15H3,(H,66,81)(H,67,76)(H,68,74)(H,69,75)(H,70,77)(H,71,78)(H,79,80)(H3,64,65,72)/t45-,46-,47-,48-/m0/s1. The van der Waals surface area contributed by atoms with Crippen molar-refractivity contribution in [2.45, 2.75) is 207 Å². The molecule has 0 bridgehead atoms. The van der Waals surface area contributed by atoms with E-state index in [2.05, 4.69) is 41.9 Å². The summed E-state index contributed by atoms with van der Waals surface area (Å²) in [5, 5.41) is 37.9. The van der Waals surface area contributed by atoms with E-state index in [1.165, 1.54) is 17.7 Å². The van der Waals surface area contributed by atoms with E-state index in [1.54, 1.807) is 111 Å². The molecule has 488 valence electrons. The van der Waals surface area contributed by atoms with Crippen LogP contribution in [0.5, 0.6) is 11.5 Å². The molecule has 0 saturated heterocycles. The Morgan fingerprint density at radius 3 is 1.89 bits per heavy atom. The summed E-state index contributed by atoms with van der Waals surface area (Å²) < 4.78 is 54.5. The number of guanidine groups is 1. The summed E-state index contributed by atoms with van der Waals surface area (Å²) in [4.78, 5) is 108. The van der Waals surface area contributed by atoms with Gasteiger partial charge in [-0.1, -0.05) is 30.3 Å². The fraction of sp³-hybridized carbons (Fsp3) is 0.540. The number of alkyl carbamates (subject to hydrolysis) is 1. The quantitative estimate of drug-likeness (QED) is 0.0191. The van der Waals surface area contributed by atoms with E-state index >= 15 is 0 Å². The molecule has 0 unspecified atom stereocenters. The third kappa shape index (κ3) is 21.7. The number of rotatable bonds is 26. The third-order valence-electron chi connectivity index (χ3n) is 14.0. The Bertz CT molecular complexity index is 3390. The molecule has 0 fully saturated rings. The largest absolute Gasteiger partial charge is 0.488 e. The number of nitrogens with zero attached hydrogens (tertiary/aromatic N) is 1. The summed E-state index contributed by atoms with van der Waals surface area (Å²) >= 11 is 0. The number of carboxylic acids is 1. The molecular weight excluding hydrogens is 1170 g/mol. The number of unbranched alkanes of at least 4 members (excludes halogenated alkanes) is 1. The SMILES string of the molecule is CC(=O)N[C@@H](CCCCNC(=O)OC(C)(C)C)C(=O)N[C@@H](CCCNC(=N)NS(=O)(=O)c1c(C)c(C)c2c(c1C)CC(C)(C)O2)C(=O)N[C@@H](Cc1ccc(OC(C)(C)C)cc1)C(=O)NCC(=O)N[C@@H](Cc1cn(C(=O)OC(C)(C)C)c2ccccc12)C(=O)O. The number of aromatic nitrogens is 1. The van der Waals surface area contributed by atoms with Crippen molar-refractivity contribution in [3.05, 3.63) is 88.1 Å². The second kappa shape index (κ2) is 29.7. The number of hydrogen-bond donors (Lipinski definition) is 10. The van der Waals surface area contributed by atoms with E-state index in [0.29, 0.717) is 69.5 Å². The highest BCUT2D eigenvalue weighted by Gasteiger charge is 2.38. The van der Waals surface area contributed by atoms with Gasteiger partial charge in [0.05, 0.1) is 17.0 Å². The van der Waals surface area contributed by atoms with Crippen LogP contribution in [0.3, 0.4) is 0 Å². The summed E-state index contributed by atoms with van der Waals surface area (Å²) in [6.07, 6.45) is 0.779. The Hall–Kier alpha value is -8.42. The number of amides is 6. The Morgan fingerprint density at radius 2 is 1.28 bits per heavy atom. The lowest BCUT2D eigenvalue weighted by atomic mass is 9.94. The number of para-hydroxylation sites is 1. The van der Waals surface area contributed by atoms with Gasteiger partial charge in [-0.15, -0.1) is 0 Å². The molecule has 89 heavy (non-hydrogen) atoms. The van der Waals surface area contributed by atoms with Crippen LogP contribution in [0.25, 0.3) is 10.9 Å². The number of carbonyl (C=O) groups is 8. The molecule has 1 aromatic heterocycles. The van der Waals surface area contributed by atoms with Crippen molar-refractivity contribution in [1.82, 2.24) is 46.5 Å². The van der Waals surface area contributed by atoms with Crippen molar-refractivity contribution in [1.29, 1.82) is 5.41 Å². The van der Waals surface area contributed by atoms with Crippen LogP contribution in [-0.2, 0) is 67.5 Å². The van der Waals surface area contributed by atoms with Crippen LogP contribution < -0.4 is 51.4 Å². The van der Waals surface area contributed by atoms with Crippen LogP contribution in [0, 0.1) is 26.2 Å². The Labute approximate surface area is 521 Å². The molecule has 3 aromatic carbocycles. The molecule has 6 amide bonds. The number of benzene rings is 3. The minimum Gasteiger partial charge on any atom is -0.488 e. The molecule has 1 aliphatic heterocycles. The molecule has 4 atom stereocenters. The minimum absolute atomic E-state index is 0.0184. The lowest BCUT2D eigenvalue weighted by Gasteiger charge is -2.26. The molecule has 4 aromatic rings. The highest BCUT2D eigenvalue weighted by Crippen LogP contribution is 2.44. The zero-order chi connectivity index (χ0) is 66.6. The van der Waals surface area contributed by atoms with Gasteiger partial charge in [-0.05, 0) is 175 Å². The van der Waals surface area contributed by atoms with Crippen molar-refractivity contribution in [3.63, 3.8) is 0 Å². The van der Waals surface area contributed by atoms with E-state index in [4.69, 9.17) is 24.4 Å². The van der Waals surface area contributed by atoms with Crippen LogP contribution in [0.15, 0.2) is 59.6 Å². The van der Waals surface area contributed by atoms with E-state index in [-0.39, 0.29) is 50.1 Å². The number of fused-ring (bicyclic) bond motifs is 2. The third-order valence-corrected chi connectivity index (χ3v) is 15.6. The first kappa shape index (κ1) is 71.3. The van der Waals surface area contributed by atoms with Crippen LogP contribution in [0.4, 0.5) is 9.59 Å². The first-order valence-electron chi connectivity index (χ1n) is 29.6. The lowest BCUT2D eigenvalue weighted by molar-refractivity contribution is -0.141. The number of carboxylic acid groups (broad SMARTS) is 1. The number of hydrogen-bond acceptors (Lipinski definition) is 15. The highest BCUT2D eigenvalue weighted by molar-refractivity contribution is 7.90.